The number of halogens is 1. The summed E-state index contributed by atoms with van der Waals surface area (Å²) < 4.78 is 0. The topological polar surface area (TPSA) is 52.6 Å². The molecule has 2 rings (SSSR count). The summed E-state index contributed by atoms with van der Waals surface area (Å²) >= 11 is 6.07. The van der Waals surface area contributed by atoms with Gasteiger partial charge in [-0.3, -0.25) is 4.90 Å². The van der Waals surface area contributed by atoms with Crippen LogP contribution in [0.5, 0.6) is 5.75 Å². The van der Waals surface area contributed by atoms with Crippen LogP contribution in [0.25, 0.3) is 0 Å². The van der Waals surface area contributed by atoms with Gasteiger partial charge in [0, 0.05) is 24.3 Å². The lowest BCUT2D eigenvalue weighted by molar-refractivity contribution is 0.247. The molecule has 0 fully saturated rings. The third kappa shape index (κ3) is 4.13. The second-order valence-corrected chi connectivity index (χ2v) is 5.06. The van der Waals surface area contributed by atoms with Crippen molar-refractivity contribution in [1.29, 1.82) is 0 Å². The van der Waals surface area contributed by atoms with E-state index in [1.807, 2.05) is 24.3 Å². The fourth-order valence-electron chi connectivity index (χ4n) is 1.92. The molecule has 0 spiro atoms. The number of aromatic hydroxyl groups is 1. The smallest absolute Gasteiger partial charge is 0.321 e. The summed E-state index contributed by atoms with van der Waals surface area (Å²) in [6.07, 6.45) is 0.675. The van der Waals surface area contributed by atoms with E-state index < -0.39 is 0 Å². The van der Waals surface area contributed by atoms with Crippen LogP contribution in [0.4, 0.5) is 10.5 Å². The van der Waals surface area contributed by atoms with Crippen molar-refractivity contribution in [3.05, 3.63) is 59.1 Å². The molecule has 21 heavy (non-hydrogen) atoms. The SMILES string of the molecule is CN(C(=O)NCCc1ccccc1Cl)c1ccc(O)cc1. The molecule has 4 nitrogen and oxygen atoms in total. The predicted molar refractivity (Wildman–Crippen MR) is 85.1 cm³/mol. The molecule has 0 radical (unpaired) electrons. The first-order chi connectivity index (χ1) is 10.1. The third-order valence-electron chi connectivity index (χ3n) is 3.17. The van der Waals surface area contributed by atoms with Gasteiger partial charge in [-0.1, -0.05) is 29.8 Å². The Morgan fingerprint density at radius 2 is 1.86 bits per heavy atom. The molecule has 0 bridgehead atoms. The molecule has 0 aromatic heterocycles. The molecule has 0 atom stereocenters. The van der Waals surface area contributed by atoms with Crippen molar-refractivity contribution in [2.45, 2.75) is 6.42 Å². The summed E-state index contributed by atoms with van der Waals surface area (Å²) in [7, 11) is 1.68. The number of anilines is 1. The highest BCUT2D eigenvalue weighted by atomic mass is 35.5. The van der Waals surface area contributed by atoms with Gasteiger partial charge in [-0.15, -0.1) is 0 Å². The van der Waals surface area contributed by atoms with Crippen molar-refractivity contribution in [2.75, 3.05) is 18.5 Å². The molecule has 0 unspecified atom stereocenters. The zero-order valence-corrected chi connectivity index (χ0v) is 12.5. The Bertz CT molecular complexity index is 614. The van der Waals surface area contributed by atoms with Crippen LogP contribution in [0.3, 0.4) is 0 Å². The van der Waals surface area contributed by atoms with Gasteiger partial charge in [0.15, 0.2) is 0 Å². The van der Waals surface area contributed by atoms with Crippen LogP contribution in [-0.2, 0) is 6.42 Å². The fourth-order valence-corrected chi connectivity index (χ4v) is 2.15. The standard InChI is InChI=1S/C16H17ClN2O2/c1-19(13-6-8-14(20)9-7-13)16(21)18-11-10-12-4-2-3-5-15(12)17/h2-9,20H,10-11H2,1H3,(H,18,21). The molecule has 0 heterocycles. The van der Waals surface area contributed by atoms with E-state index in [0.717, 1.165) is 5.56 Å². The Morgan fingerprint density at radius 1 is 1.19 bits per heavy atom. The van der Waals surface area contributed by atoms with Gasteiger partial charge in [-0.25, -0.2) is 4.79 Å². The summed E-state index contributed by atoms with van der Waals surface area (Å²) in [6, 6.07) is 13.8. The zero-order valence-electron chi connectivity index (χ0n) is 11.7. The first-order valence-electron chi connectivity index (χ1n) is 6.62. The van der Waals surface area contributed by atoms with Gasteiger partial charge in [-0.05, 0) is 42.3 Å². The molecule has 2 amide bonds. The average Bonchev–Trinajstić information content (AvgIpc) is 2.49. The molecule has 0 aliphatic heterocycles. The molecule has 0 saturated carbocycles. The van der Waals surface area contributed by atoms with E-state index in [4.69, 9.17) is 11.6 Å². The van der Waals surface area contributed by atoms with E-state index in [1.54, 1.807) is 31.3 Å². The van der Waals surface area contributed by atoms with Crippen LogP contribution in [-0.4, -0.2) is 24.7 Å². The number of nitrogens with zero attached hydrogens (tertiary/aromatic N) is 1. The molecule has 110 valence electrons. The summed E-state index contributed by atoms with van der Waals surface area (Å²) in [4.78, 5) is 13.5. The molecule has 0 aliphatic rings. The number of carbonyl (C=O) groups is 1. The Kier molecular flexibility index (Phi) is 5.06. The van der Waals surface area contributed by atoms with Gasteiger partial charge >= 0.3 is 6.03 Å². The van der Waals surface area contributed by atoms with Crippen LogP contribution in [0.15, 0.2) is 48.5 Å². The minimum absolute atomic E-state index is 0.172. The van der Waals surface area contributed by atoms with E-state index in [-0.39, 0.29) is 11.8 Å². The van der Waals surface area contributed by atoms with Crippen LogP contribution in [0, 0.1) is 0 Å². The minimum atomic E-state index is -0.201. The summed E-state index contributed by atoms with van der Waals surface area (Å²) in [6.45, 7) is 0.505. The number of rotatable bonds is 4. The normalized spacial score (nSPS) is 10.2. The van der Waals surface area contributed by atoms with Crippen molar-refractivity contribution in [3.8, 4) is 5.75 Å². The first kappa shape index (κ1) is 15.2. The van der Waals surface area contributed by atoms with E-state index >= 15 is 0 Å². The summed E-state index contributed by atoms with van der Waals surface area (Å²) in [5.41, 5.74) is 1.72. The minimum Gasteiger partial charge on any atom is -0.508 e. The summed E-state index contributed by atoms with van der Waals surface area (Å²) in [5.74, 6) is 0.172. The van der Waals surface area contributed by atoms with Gasteiger partial charge in [-0.2, -0.15) is 0 Å². The number of urea groups is 1. The van der Waals surface area contributed by atoms with E-state index in [2.05, 4.69) is 5.32 Å². The van der Waals surface area contributed by atoms with Crippen LogP contribution in [0.1, 0.15) is 5.56 Å². The number of nitrogens with one attached hydrogen (secondary N) is 1. The lowest BCUT2D eigenvalue weighted by atomic mass is 10.1. The fraction of sp³-hybridized carbons (Fsp3) is 0.188. The zero-order chi connectivity index (χ0) is 15.2. The molecule has 0 aliphatic carbocycles. The largest absolute Gasteiger partial charge is 0.508 e. The maximum absolute atomic E-state index is 12.0. The number of phenolic OH excluding ortho intramolecular Hbond substituents is 1. The van der Waals surface area contributed by atoms with Crippen molar-refractivity contribution in [2.24, 2.45) is 0 Å². The maximum Gasteiger partial charge on any atom is 0.321 e. The highest BCUT2D eigenvalue weighted by Gasteiger charge is 2.10. The van der Waals surface area contributed by atoms with E-state index in [1.165, 1.54) is 4.90 Å². The second-order valence-electron chi connectivity index (χ2n) is 4.65. The highest BCUT2D eigenvalue weighted by molar-refractivity contribution is 6.31. The van der Waals surface area contributed by atoms with E-state index in [0.29, 0.717) is 23.7 Å². The van der Waals surface area contributed by atoms with Gasteiger partial charge in [0.1, 0.15) is 5.75 Å². The van der Waals surface area contributed by atoms with Crippen molar-refractivity contribution in [3.63, 3.8) is 0 Å². The molecule has 0 saturated heterocycles. The Balaban J connectivity index is 1.87. The van der Waals surface area contributed by atoms with E-state index in [9.17, 15) is 9.90 Å². The number of carbonyl (C=O) groups excluding carboxylic acids is 1. The number of amides is 2. The molecule has 2 aromatic rings. The number of hydrogen-bond acceptors (Lipinski definition) is 2. The van der Waals surface area contributed by atoms with Gasteiger partial charge in [0.2, 0.25) is 0 Å². The van der Waals surface area contributed by atoms with Crippen molar-refractivity contribution >= 4 is 23.3 Å². The second kappa shape index (κ2) is 6.99. The van der Waals surface area contributed by atoms with Crippen molar-refractivity contribution in [1.82, 2.24) is 5.32 Å². The van der Waals surface area contributed by atoms with Gasteiger partial charge in [0.25, 0.3) is 0 Å². The van der Waals surface area contributed by atoms with Crippen LogP contribution < -0.4 is 10.2 Å². The lowest BCUT2D eigenvalue weighted by Crippen LogP contribution is -2.38. The average molecular weight is 305 g/mol. The molecular formula is C16H17ClN2O2. The number of hydrogen-bond donors (Lipinski definition) is 2. The van der Waals surface area contributed by atoms with Crippen molar-refractivity contribution < 1.29 is 9.90 Å². The Morgan fingerprint density at radius 3 is 2.52 bits per heavy atom. The third-order valence-corrected chi connectivity index (χ3v) is 3.54. The first-order valence-corrected chi connectivity index (χ1v) is 6.99. The maximum atomic E-state index is 12.0. The number of benzene rings is 2. The van der Waals surface area contributed by atoms with Gasteiger partial charge in [0.05, 0.1) is 0 Å². The number of phenols is 1. The Labute approximate surface area is 129 Å². The summed E-state index contributed by atoms with van der Waals surface area (Å²) in [5, 5.41) is 12.8. The molecular weight excluding hydrogens is 288 g/mol. The van der Waals surface area contributed by atoms with Crippen LogP contribution in [0.2, 0.25) is 5.02 Å². The molecule has 2 N–H and O–H groups in total. The monoisotopic (exact) mass is 304 g/mol. The highest BCUT2D eigenvalue weighted by Crippen LogP contribution is 2.17. The molecule has 5 heteroatoms. The quantitative estimate of drug-likeness (QED) is 0.909. The Hall–Kier alpha value is -2.20. The molecule has 2 aromatic carbocycles. The predicted octanol–water partition coefficient (Wildman–Crippen LogP) is 3.43. The van der Waals surface area contributed by atoms with Gasteiger partial charge < -0.3 is 10.4 Å². The van der Waals surface area contributed by atoms with Crippen LogP contribution >= 0.6 is 11.6 Å². The lowest BCUT2D eigenvalue weighted by Gasteiger charge is -2.18.